The number of likely N-dealkylation sites (N-methyl/N-ethyl adjacent to an activating group) is 1. The summed E-state index contributed by atoms with van der Waals surface area (Å²) in [7, 11) is 3.47. The van der Waals surface area contributed by atoms with E-state index in [9.17, 15) is 9.59 Å². The van der Waals surface area contributed by atoms with Gasteiger partial charge in [-0.05, 0) is 18.4 Å². The number of benzene rings is 1. The van der Waals surface area contributed by atoms with Crippen molar-refractivity contribution in [1.29, 1.82) is 0 Å². The lowest BCUT2D eigenvalue weighted by Gasteiger charge is -2.37. The molecule has 8 nitrogen and oxygen atoms in total. The molecule has 0 saturated carbocycles. The molecule has 8 heteroatoms. The summed E-state index contributed by atoms with van der Waals surface area (Å²) in [5, 5.41) is 3.20. The molecule has 1 atom stereocenters. The van der Waals surface area contributed by atoms with Crippen LogP contribution in [0.3, 0.4) is 0 Å². The number of hydrogen-bond donors (Lipinski definition) is 1. The second-order valence-corrected chi connectivity index (χ2v) is 7.58. The van der Waals surface area contributed by atoms with Gasteiger partial charge in [0.1, 0.15) is 6.10 Å². The van der Waals surface area contributed by atoms with E-state index in [1.54, 1.807) is 19.0 Å². The number of amides is 2. The molecule has 0 aromatic heterocycles. The summed E-state index contributed by atoms with van der Waals surface area (Å²) in [4.78, 5) is 34.9. The third-order valence-electron chi connectivity index (χ3n) is 5.25. The van der Waals surface area contributed by atoms with Gasteiger partial charge in [0.05, 0.1) is 13.1 Å². The van der Waals surface area contributed by atoms with Gasteiger partial charge in [0.25, 0.3) is 5.91 Å². The smallest absolute Gasteiger partial charge is 0.251 e. The van der Waals surface area contributed by atoms with Crippen molar-refractivity contribution in [3.05, 3.63) is 35.9 Å². The van der Waals surface area contributed by atoms with Crippen molar-refractivity contribution in [2.24, 2.45) is 4.99 Å². The van der Waals surface area contributed by atoms with Gasteiger partial charge in [0, 0.05) is 46.9 Å². The summed E-state index contributed by atoms with van der Waals surface area (Å²) in [6.07, 6.45) is 1.50. The van der Waals surface area contributed by atoms with Gasteiger partial charge < -0.3 is 24.8 Å². The molecule has 2 fully saturated rings. The lowest BCUT2D eigenvalue weighted by molar-refractivity contribution is -0.142. The molecule has 29 heavy (non-hydrogen) atoms. The van der Waals surface area contributed by atoms with Crippen molar-refractivity contribution in [2.75, 3.05) is 53.4 Å². The van der Waals surface area contributed by atoms with Gasteiger partial charge in [-0.25, -0.2) is 4.99 Å². The summed E-state index contributed by atoms with van der Waals surface area (Å²) < 4.78 is 5.53. The van der Waals surface area contributed by atoms with E-state index in [2.05, 4.69) is 10.2 Å². The summed E-state index contributed by atoms with van der Waals surface area (Å²) >= 11 is 0. The minimum absolute atomic E-state index is 0.00962. The Morgan fingerprint density at radius 2 is 1.83 bits per heavy atom. The van der Waals surface area contributed by atoms with Crippen molar-refractivity contribution in [2.45, 2.75) is 25.5 Å². The number of guanidine groups is 1. The predicted molar refractivity (Wildman–Crippen MR) is 111 cm³/mol. The minimum atomic E-state index is -0.274. The molecule has 2 saturated heterocycles. The molecule has 2 aliphatic heterocycles. The second kappa shape index (κ2) is 10.2. The fourth-order valence-corrected chi connectivity index (χ4v) is 3.44. The van der Waals surface area contributed by atoms with Crippen LogP contribution >= 0.6 is 0 Å². The number of aliphatic imine (C=N–C) groups is 1. The Morgan fingerprint density at radius 1 is 1.14 bits per heavy atom. The van der Waals surface area contributed by atoms with Crippen LogP contribution < -0.4 is 5.32 Å². The van der Waals surface area contributed by atoms with Crippen LogP contribution in [-0.2, 0) is 20.9 Å². The van der Waals surface area contributed by atoms with E-state index in [1.165, 1.54) is 0 Å². The van der Waals surface area contributed by atoms with Crippen molar-refractivity contribution in [3.8, 4) is 0 Å². The molecule has 2 aliphatic rings. The molecule has 1 aromatic rings. The van der Waals surface area contributed by atoms with E-state index in [0.717, 1.165) is 18.4 Å². The maximum Gasteiger partial charge on any atom is 0.251 e. The molecular weight excluding hydrogens is 370 g/mol. The molecule has 0 radical (unpaired) electrons. The molecule has 0 aliphatic carbocycles. The number of carbonyl (C=O) groups excluding carboxylic acids is 2. The van der Waals surface area contributed by atoms with Crippen molar-refractivity contribution >= 4 is 17.8 Å². The predicted octanol–water partition coefficient (Wildman–Crippen LogP) is 0.544. The van der Waals surface area contributed by atoms with Gasteiger partial charge in [0.2, 0.25) is 5.91 Å². The van der Waals surface area contributed by atoms with Crippen molar-refractivity contribution in [3.63, 3.8) is 0 Å². The topological polar surface area (TPSA) is 77.5 Å². The Hall–Kier alpha value is -2.61. The molecule has 1 aromatic carbocycles. The number of piperazine rings is 1. The van der Waals surface area contributed by atoms with Crippen LogP contribution in [0.4, 0.5) is 0 Å². The highest BCUT2D eigenvalue weighted by Gasteiger charge is 2.31. The fraction of sp³-hybridized carbons (Fsp3) is 0.571. The van der Waals surface area contributed by atoms with E-state index >= 15 is 0 Å². The normalized spacial score (nSPS) is 19.9. The zero-order valence-corrected chi connectivity index (χ0v) is 17.3. The number of nitrogens with one attached hydrogen (secondary N) is 1. The van der Waals surface area contributed by atoms with Crippen LogP contribution in [0.25, 0.3) is 0 Å². The average Bonchev–Trinajstić information content (AvgIpc) is 3.29. The molecule has 158 valence electrons. The Balaban J connectivity index is 1.61. The number of rotatable bonds is 5. The Morgan fingerprint density at radius 3 is 2.45 bits per heavy atom. The molecule has 0 spiro atoms. The third kappa shape index (κ3) is 5.93. The number of ether oxygens (including phenoxy) is 1. The highest BCUT2D eigenvalue weighted by atomic mass is 16.5. The molecule has 2 heterocycles. The maximum atomic E-state index is 12.6. The first-order valence-electron chi connectivity index (χ1n) is 10.2. The van der Waals surface area contributed by atoms with Gasteiger partial charge in [-0.2, -0.15) is 0 Å². The molecule has 1 unspecified atom stereocenters. The maximum absolute atomic E-state index is 12.6. The SMILES string of the molecule is CN(C)C(=O)CNC(=NCc1ccccc1)N1CCN(C(=O)C2CCCO2)CC1. The third-order valence-corrected chi connectivity index (χ3v) is 5.25. The van der Waals surface area contributed by atoms with E-state index in [0.29, 0.717) is 45.3 Å². The van der Waals surface area contributed by atoms with E-state index in [4.69, 9.17) is 9.73 Å². The first kappa shape index (κ1) is 21.1. The number of carbonyl (C=O) groups is 2. The second-order valence-electron chi connectivity index (χ2n) is 7.58. The first-order valence-corrected chi connectivity index (χ1v) is 10.2. The van der Waals surface area contributed by atoms with Crippen molar-refractivity contribution < 1.29 is 14.3 Å². The highest BCUT2D eigenvalue weighted by molar-refractivity contribution is 5.87. The first-order chi connectivity index (χ1) is 14.0. The average molecular weight is 402 g/mol. The Labute approximate surface area is 172 Å². The van der Waals surface area contributed by atoms with Crippen LogP contribution in [0.2, 0.25) is 0 Å². The van der Waals surface area contributed by atoms with Crippen molar-refractivity contribution in [1.82, 2.24) is 20.0 Å². The largest absolute Gasteiger partial charge is 0.368 e. The van der Waals surface area contributed by atoms with E-state index < -0.39 is 0 Å². The summed E-state index contributed by atoms with van der Waals surface area (Å²) in [5.74, 6) is 0.790. The van der Waals surface area contributed by atoms with Crippen LogP contribution in [0.5, 0.6) is 0 Å². The van der Waals surface area contributed by atoms with Crippen LogP contribution in [0.1, 0.15) is 18.4 Å². The monoisotopic (exact) mass is 401 g/mol. The van der Waals surface area contributed by atoms with Crippen LogP contribution in [0.15, 0.2) is 35.3 Å². The fourth-order valence-electron chi connectivity index (χ4n) is 3.44. The zero-order chi connectivity index (χ0) is 20.6. The number of nitrogens with zero attached hydrogens (tertiary/aromatic N) is 4. The van der Waals surface area contributed by atoms with Crippen LogP contribution in [0, 0.1) is 0 Å². The molecular formula is C21H31N5O3. The van der Waals surface area contributed by atoms with E-state index in [1.807, 2.05) is 35.2 Å². The molecule has 0 bridgehead atoms. The summed E-state index contributed by atoms with van der Waals surface area (Å²) in [5.41, 5.74) is 1.11. The molecule has 3 rings (SSSR count). The van der Waals surface area contributed by atoms with Gasteiger partial charge in [-0.15, -0.1) is 0 Å². The standard InChI is InChI=1S/C21H31N5O3/c1-24(2)19(27)16-23-21(22-15-17-7-4-3-5-8-17)26-12-10-25(11-13-26)20(28)18-9-6-14-29-18/h3-5,7-8,18H,6,9-16H2,1-2H3,(H,22,23). The van der Waals surface area contributed by atoms with Gasteiger partial charge in [0.15, 0.2) is 5.96 Å². The zero-order valence-electron chi connectivity index (χ0n) is 17.3. The number of hydrogen-bond acceptors (Lipinski definition) is 4. The minimum Gasteiger partial charge on any atom is -0.368 e. The quantitative estimate of drug-likeness (QED) is 0.576. The molecule has 1 N–H and O–H groups in total. The highest BCUT2D eigenvalue weighted by Crippen LogP contribution is 2.16. The lowest BCUT2D eigenvalue weighted by atomic mass is 10.2. The lowest BCUT2D eigenvalue weighted by Crippen LogP contribution is -2.56. The summed E-state index contributed by atoms with van der Waals surface area (Å²) in [6, 6.07) is 10.0. The van der Waals surface area contributed by atoms with Gasteiger partial charge >= 0.3 is 0 Å². The molecule has 2 amide bonds. The van der Waals surface area contributed by atoms with Gasteiger partial charge in [-0.3, -0.25) is 9.59 Å². The Kier molecular flexibility index (Phi) is 7.46. The Bertz CT molecular complexity index is 708. The summed E-state index contributed by atoms with van der Waals surface area (Å²) in [6.45, 7) is 4.02. The van der Waals surface area contributed by atoms with Gasteiger partial charge in [-0.1, -0.05) is 30.3 Å². The van der Waals surface area contributed by atoms with Crippen LogP contribution in [-0.4, -0.2) is 92.0 Å². The van der Waals surface area contributed by atoms with E-state index in [-0.39, 0.29) is 24.5 Å².